The van der Waals surface area contributed by atoms with E-state index in [1.54, 1.807) is 12.1 Å². The van der Waals surface area contributed by atoms with Gasteiger partial charge in [-0.1, -0.05) is 12.1 Å². The van der Waals surface area contributed by atoms with Gasteiger partial charge in [-0.15, -0.1) is 0 Å². The Labute approximate surface area is 87.7 Å². The maximum atomic E-state index is 13.0. The summed E-state index contributed by atoms with van der Waals surface area (Å²) in [6.07, 6.45) is 0. The highest BCUT2D eigenvalue weighted by Gasteiger charge is 2.26. The summed E-state index contributed by atoms with van der Waals surface area (Å²) in [4.78, 5) is 11.6. The van der Waals surface area contributed by atoms with Crippen molar-refractivity contribution in [3.63, 3.8) is 0 Å². The van der Waals surface area contributed by atoms with E-state index in [1.165, 1.54) is 12.1 Å². The molecule has 0 bridgehead atoms. The van der Waals surface area contributed by atoms with Crippen LogP contribution in [-0.4, -0.2) is 18.5 Å². The van der Waals surface area contributed by atoms with Crippen LogP contribution in [0.5, 0.6) is 0 Å². The number of amides is 1. The Balaban J connectivity index is 2.20. The van der Waals surface area contributed by atoms with Gasteiger partial charge in [-0.3, -0.25) is 4.79 Å². The van der Waals surface area contributed by atoms with Gasteiger partial charge in [0.15, 0.2) is 0 Å². The molecule has 1 aromatic rings. The number of halogens is 1. The summed E-state index contributed by atoms with van der Waals surface area (Å²) >= 11 is 0. The van der Waals surface area contributed by atoms with Crippen LogP contribution < -0.4 is 10.6 Å². The molecule has 1 saturated heterocycles. The number of carbonyl (C=O) groups excluding carboxylic acids is 1. The van der Waals surface area contributed by atoms with Crippen molar-refractivity contribution in [3.05, 3.63) is 35.6 Å². The standard InChI is InChI=1S/C11H13FN2O/c1-7-6-13-10(11(15)14-7)8-3-2-4-9(12)5-8/h2-5,7,10,13H,6H2,1H3,(H,14,15)/t7-,10+/m0/s1. The number of hydrogen-bond acceptors (Lipinski definition) is 2. The predicted octanol–water partition coefficient (Wildman–Crippen LogP) is 0.975. The van der Waals surface area contributed by atoms with E-state index in [2.05, 4.69) is 10.6 Å². The van der Waals surface area contributed by atoms with Gasteiger partial charge in [0.25, 0.3) is 0 Å². The summed E-state index contributed by atoms with van der Waals surface area (Å²) in [6, 6.07) is 5.80. The Hall–Kier alpha value is -1.42. The molecule has 2 atom stereocenters. The molecule has 1 aliphatic rings. The van der Waals surface area contributed by atoms with Crippen LogP contribution in [0.15, 0.2) is 24.3 Å². The van der Waals surface area contributed by atoms with Crippen molar-refractivity contribution in [3.8, 4) is 0 Å². The van der Waals surface area contributed by atoms with E-state index in [0.29, 0.717) is 12.1 Å². The summed E-state index contributed by atoms with van der Waals surface area (Å²) in [5.74, 6) is -0.417. The maximum Gasteiger partial charge on any atom is 0.241 e. The molecule has 0 spiro atoms. The molecule has 80 valence electrons. The average molecular weight is 208 g/mol. The Morgan fingerprint density at radius 2 is 2.27 bits per heavy atom. The van der Waals surface area contributed by atoms with Crippen LogP contribution in [0, 0.1) is 5.82 Å². The van der Waals surface area contributed by atoms with E-state index < -0.39 is 6.04 Å². The van der Waals surface area contributed by atoms with Crippen LogP contribution in [-0.2, 0) is 4.79 Å². The second-order valence-electron chi connectivity index (χ2n) is 3.81. The van der Waals surface area contributed by atoms with Gasteiger partial charge in [-0.25, -0.2) is 4.39 Å². The first kappa shape index (κ1) is 10.1. The second kappa shape index (κ2) is 3.98. The van der Waals surface area contributed by atoms with Crippen LogP contribution in [0.3, 0.4) is 0 Å². The van der Waals surface area contributed by atoms with Gasteiger partial charge in [0.1, 0.15) is 11.9 Å². The lowest BCUT2D eigenvalue weighted by atomic mass is 10.0. The van der Waals surface area contributed by atoms with E-state index in [9.17, 15) is 9.18 Å². The lowest BCUT2D eigenvalue weighted by Crippen LogP contribution is -2.52. The predicted molar refractivity (Wildman–Crippen MR) is 54.7 cm³/mol. The molecule has 0 unspecified atom stereocenters. The van der Waals surface area contributed by atoms with Crippen molar-refractivity contribution in [2.24, 2.45) is 0 Å². The molecule has 1 fully saturated rings. The zero-order chi connectivity index (χ0) is 10.8. The fourth-order valence-corrected chi connectivity index (χ4v) is 1.72. The van der Waals surface area contributed by atoms with Crippen molar-refractivity contribution < 1.29 is 9.18 Å². The number of piperazine rings is 1. The third kappa shape index (κ3) is 2.15. The second-order valence-corrected chi connectivity index (χ2v) is 3.81. The third-order valence-electron chi connectivity index (χ3n) is 2.46. The molecule has 1 aromatic carbocycles. The number of benzene rings is 1. The highest BCUT2D eigenvalue weighted by atomic mass is 19.1. The van der Waals surface area contributed by atoms with E-state index >= 15 is 0 Å². The first-order valence-corrected chi connectivity index (χ1v) is 4.96. The van der Waals surface area contributed by atoms with Crippen molar-refractivity contribution >= 4 is 5.91 Å². The summed E-state index contributed by atoms with van der Waals surface area (Å²) < 4.78 is 13.0. The van der Waals surface area contributed by atoms with E-state index in [4.69, 9.17) is 0 Å². The molecular formula is C11H13FN2O. The Kier molecular flexibility index (Phi) is 2.68. The SMILES string of the molecule is C[C@H]1CN[C@H](c2cccc(F)c2)C(=O)N1. The summed E-state index contributed by atoms with van der Waals surface area (Å²) in [5.41, 5.74) is 0.666. The van der Waals surface area contributed by atoms with Crippen molar-refractivity contribution in [2.45, 2.75) is 19.0 Å². The molecule has 1 aliphatic heterocycles. The minimum atomic E-state index is -0.433. The van der Waals surface area contributed by atoms with E-state index in [0.717, 1.165) is 0 Å². The average Bonchev–Trinajstić information content (AvgIpc) is 2.17. The molecule has 0 radical (unpaired) electrons. The Morgan fingerprint density at radius 1 is 1.47 bits per heavy atom. The smallest absolute Gasteiger partial charge is 0.241 e. The van der Waals surface area contributed by atoms with E-state index in [-0.39, 0.29) is 17.8 Å². The van der Waals surface area contributed by atoms with E-state index in [1.807, 2.05) is 6.92 Å². The molecule has 0 aliphatic carbocycles. The minimum Gasteiger partial charge on any atom is -0.351 e. The Bertz CT molecular complexity index is 381. The van der Waals surface area contributed by atoms with Crippen molar-refractivity contribution in [1.82, 2.24) is 10.6 Å². The van der Waals surface area contributed by atoms with Gasteiger partial charge in [0.05, 0.1) is 0 Å². The van der Waals surface area contributed by atoms with Crippen LogP contribution in [0.2, 0.25) is 0 Å². The largest absolute Gasteiger partial charge is 0.351 e. The van der Waals surface area contributed by atoms with Gasteiger partial charge in [0, 0.05) is 12.6 Å². The molecule has 1 amide bonds. The van der Waals surface area contributed by atoms with Crippen molar-refractivity contribution in [2.75, 3.05) is 6.54 Å². The van der Waals surface area contributed by atoms with Gasteiger partial charge in [-0.2, -0.15) is 0 Å². The van der Waals surface area contributed by atoms with Gasteiger partial charge < -0.3 is 10.6 Å². The number of nitrogens with one attached hydrogen (secondary N) is 2. The Morgan fingerprint density at radius 3 is 2.93 bits per heavy atom. The minimum absolute atomic E-state index is 0.0978. The first-order valence-electron chi connectivity index (χ1n) is 4.96. The zero-order valence-corrected chi connectivity index (χ0v) is 8.46. The molecule has 0 aromatic heterocycles. The first-order chi connectivity index (χ1) is 7.16. The zero-order valence-electron chi connectivity index (χ0n) is 8.46. The highest BCUT2D eigenvalue weighted by molar-refractivity contribution is 5.84. The fourth-order valence-electron chi connectivity index (χ4n) is 1.72. The summed E-state index contributed by atoms with van der Waals surface area (Å²) in [6.45, 7) is 2.62. The highest BCUT2D eigenvalue weighted by Crippen LogP contribution is 2.16. The summed E-state index contributed by atoms with van der Waals surface area (Å²) in [7, 11) is 0. The molecule has 1 heterocycles. The van der Waals surface area contributed by atoms with Crippen LogP contribution >= 0.6 is 0 Å². The number of rotatable bonds is 1. The lowest BCUT2D eigenvalue weighted by Gasteiger charge is -2.28. The van der Waals surface area contributed by atoms with Gasteiger partial charge in [0.2, 0.25) is 5.91 Å². The van der Waals surface area contributed by atoms with Crippen LogP contribution in [0.25, 0.3) is 0 Å². The number of carbonyl (C=O) groups is 1. The van der Waals surface area contributed by atoms with Gasteiger partial charge >= 0.3 is 0 Å². The molecule has 2 rings (SSSR count). The van der Waals surface area contributed by atoms with Crippen LogP contribution in [0.4, 0.5) is 4.39 Å². The number of hydrogen-bond donors (Lipinski definition) is 2. The molecule has 0 saturated carbocycles. The lowest BCUT2D eigenvalue weighted by molar-refractivity contribution is -0.125. The molecular weight excluding hydrogens is 195 g/mol. The molecule has 3 nitrogen and oxygen atoms in total. The van der Waals surface area contributed by atoms with Crippen LogP contribution in [0.1, 0.15) is 18.5 Å². The molecule has 15 heavy (non-hydrogen) atoms. The monoisotopic (exact) mass is 208 g/mol. The molecule has 2 N–H and O–H groups in total. The quantitative estimate of drug-likeness (QED) is 0.722. The van der Waals surface area contributed by atoms with Gasteiger partial charge in [-0.05, 0) is 24.6 Å². The fraction of sp³-hybridized carbons (Fsp3) is 0.364. The molecule has 4 heteroatoms. The topological polar surface area (TPSA) is 41.1 Å². The third-order valence-corrected chi connectivity index (χ3v) is 2.46. The normalized spacial score (nSPS) is 26.1. The summed E-state index contributed by atoms with van der Waals surface area (Å²) in [5, 5.41) is 5.91. The van der Waals surface area contributed by atoms with Crippen molar-refractivity contribution in [1.29, 1.82) is 0 Å². The maximum absolute atomic E-state index is 13.0.